The highest BCUT2D eigenvalue weighted by Gasteiger charge is 2.12. The number of Topliss-reactive ketones (excluding diaryl/α,β-unsaturated/α-hetero) is 1. The molecule has 1 aromatic rings. The Balaban J connectivity index is 2.46. The predicted octanol–water partition coefficient (Wildman–Crippen LogP) is 1.64. The van der Waals surface area contributed by atoms with Crippen molar-refractivity contribution in [3.05, 3.63) is 35.4 Å². The Bertz CT molecular complexity index is 444. The second kappa shape index (κ2) is 7.69. The van der Waals surface area contributed by atoms with Gasteiger partial charge in [0.25, 0.3) is 0 Å². The number of benzene rings is 1. The van der Waals surface area contributed by atoms with Gasteiger partial charge in [-0.2, -0.15) is 0 Å². The van der Waals surface area contributed by atoms with Gasteiger partial charge in [0.05, 0.1) is 13.1 Å². The highest BCUT2D eigenvalue weighted by atomic mass is 16.2. The topological polar surface area (TPSA) is 49.4 Å². The molecule has 104 valence electrons. The molecule has 0 unspecified atom stereocenters. The van der Waals surface area contributed by atoms with E-state index in [4.69, 9.17) is 0 Å². The van der Waals surface area contributed by atoms with Gasteiger partial charge in [0.15, 0.2) is 5.78 Å². The van der Waals surface area contributed by atoms with Crippen LogP contribution in [-0.4, -0.2) is 43.3 Å². The Kier molecular flexibility index (Phi) is 6.22. The molecule has 0 radical (unpaired) electrons. The lowest BCUT2D eigenvalue weighted by atomic mass is 10.1. The van der Waals surface area contributed by atoms with Crippen molar-refractivity contribution in [2.24, 2.45) is 0 Å². The molecule has 1 aromatic carbocycles. The lowest BCUT2D eigenvalue weighted by Crippen LogP contribution is -2.37. The highest BCUT2D eigenvalue weighted by molar-refractivity contribution is 5.98. The first kappa shape index (κ1) is 15.4. The summed E-state index contributed by atoms with van der Waals surface area (Å²) in [6.45, 7) is 5.14. The summed E-state index contributed by atoms with van der Waals surface area (Å²) in [6, 6.07) is 7.50. The minimum atomic E-state index is -0.0404. The van der Waals surface area contributed by atoms with E-state index in [2.05, 4.69) is 5.32 Å². The zero-order valence-corrected chi connectivity index (χ0v) is 11.9. The van der Waals surface area contributed by atoms with Gasteiger partial charge >= 0.3 is 0 Å². The van der Waals surface area contributed by atoms with Crippen molar-refractivity contribution in [2.45, 2.75) is 20.3 Å². The molecule has 0 fully saturated rings. The second-order valence-electron chi connectivity index (χ2n) is 4.81. The van der Waals surface area contributed by atoms with Crippen molar-refractivity contribution in [2.75, 3.05) is 26.7 Å². The van der Waals surface area contributed by atoms with Gasteiger partial charge in [-0.05, 0) is 26.5 Å². The minimum Gasteiger partial charge on any atom is -0.355 e. The van der Waals surface area contributed by atoms with Crippen molar-refractivity contribution in [1.82, 2.24) is 10.2 Å². The van der Waals surface area contributed by atoms with E-state index in [1.165, 1.54) is 0 Å². The molecule has 1 N–H and O–H groups in total. The Morgan fingerprint density at radius 3 is 2.63 bits per heavy atom. The maximum Gasteiger partial charge on any atom is 0.234 e. The first-order valence-electron chi connectivity index (χ1n) is 6.58. The predicted molar refractivity (Wildman–Crippen MR) is 76.3 cm³/mol. The van der Waals surface area contributed by atoms with E-state index in [0.717, 1.165) is 12.0 Å². The molecule has 0 atom stereocenters. The number of carbonyl (C=O) groups is 2. The molecule has 0 heterocycles. The van der Waals surface area contributed by atoms with Gasteiger partial charge in [-0.3, -0.25) is 14.5 Å². The van der Waals surface area contributed by atoms with Crippen LogP contribution in [0.4, 0.5) is 0 Å². The number of nitrogens with one attached hydrogen (secondary N) is 1. The quantitative estimate of drug-likeness (QED) is 0.760. The molecule has 0 aromatic heterocycles. The number of amides is 1. The van der Waals surface area contributed by atoms with Crippen molar-refractivity contribution in [1.29, 1.82) is 0 Å². The highest BCUT2D eigenvalue weighted by Crippen LogP contribution is 2.05. The van der Waals surface area contributed by atoms with Gasteiger partial charge in [-0.25, -0.2) is 0 Å². The van der Waals surface area contributed by atoms with Crippen molar-refractivity contribution in [3.63, 3.8) is 0 Å². The number of likely N-dealkylation sites (N-methyl/N-ethyl adjacent to an activating group) is 1. The average molecular weight is 262 g/mol. The zero-order valence-electron chi connectivity index (χ0n) is 11.9. The van der Waals surface area contributed by atoms with Crippen molar-refractivity contribution < 1.29 is 9.59 Å². The maximum atomic E-state index is 12.0. The van der Waals surface area contributed by atoms with Gasteiger partial charge in [-0.15, -0.1) is 0 Å². The van der Waals surface area contributed by atoms with Crippen LogP contribution in [0.1, 0.15) is 29.3 Å². The molecule has 0 aliphatic heterocycles. The fraction of sp³-hybridized carbons (Fsp3) is 0.467. The molecule has 1 amide bonds. The van der Waals surface area contributed by atoms with E-state index in [0.29, 0.717) is 12.1 Å². The standard InChI is InChI=1S/C15H22N2O2/c1-4-8-16-15(19)11-17(3)10-14(18)13-7-5-6-12(2)9-13/h5-7,9H,4,8,10-11H2,1-3H3,(H,16,19). The smallest absolute Gasteiger partial charge is 0.234 e. The van der Waals surface area contributed by atoms with Crippen LogP contribution in [0, 0.1) is 6.92 Å². The van der Waals surface area contributed by atoms with Crippen LogP contribution in [0.15, 0.2) is 24.3 Å². The van der Waals surface area contributed by atoms with Gasteiger partial charge in [-0.1, -0.05) is 30.7 Å². The largest absolute Gasteiger partial charge is 0.355 e. The van der Waals surface area contributed by atoms with E-state index in [1.54, 1.807) is 18.0 Å². The van der Waals surface area contributed by atoms with E-state index < -0.39 is 0 Å². The first-order chi connectivity index (χ1) is 9.02. The van der Waals surface area contributed by atoms with Crippen molar-refractivity contribution >= 4 is 11.7 Å². The Morgan fingerprint density at radius 2 is 2.00 bits per heavy atom. The number of hydrogen-bond acceptors (Lipinski definition) is 3. The van der Waals surface area contributed by atoms with E-state index >= 15 is 0 Å². The van der Waals surface area contributed by atoms with E-state index in [-0.39, 0.29) is 24.8 Å². The van der Waals surface area contributed by atoms with Crippen LogP contribution in [0.3, 0.4) is 0 Å². The molecule has 0 aliphatic rings. The molecule has 19 heavy (non-hydrogen) atoms. The zero-order chi connectivity index (χ0) is 14.3. The lowest BCUT2D eigenvalue weighted by Gasteiger charge is -2.15. The third-order valence-corrected chi connectivity index (χ3v) is 2.74. The monoisotopic (exact) mass is 262 g/mol. The molecule has 0 bridgehead atoms. The van der Waals surface area contributed by atoms with Gasteiger partial charge in [0, 0.05) is 12.1 Å². The Labute approximate surface area is 114 Å². The van der Waals surface area contributed by atoms with E-state index in [1.807, 2.05) is 32.0 Å². The maximum absolute atomic E-state index is 12.0. The number of nitrogens with zero attached hydrogens (tertiary/aromatic N) is 1. The molecule has 0 saturated carbocycles. The van der Waals surface area contributed by atoms with Crippen LogP contribution >= 0.6 is 0 Å². The minimum absolute atomic E-state index is 0.0366. The summed E-state index contributed by atoms with van der Waals surface area (Å²) < 4.78 is 0. The fourth-order valence-electron chi connectivity index (χ4n) is 1.78. The Morgan fingerprint density at radius 1 is 1.26 bits per heavy atom. The van der Waals surface area contributed by atoms with Gasteiger partial charge < -0.3 is 5.32 Å². The number of rotatable bonds is 7. The second-order valence-corrected chi connectivity index (χ2v) is 4.81. The summed E-state index contributed by atoms with van der Waals surface area (Å²) in [6.07, 6.45) is 0.914. The average Bonchev–Trinajstić information content (AvgIpc) is 2.36. The van der Waals surface area contributed by atoms with Crippen LogP contribution in [0.5, 0.6) is 0 Å². The normalized spacial score (nSPS) is 10.5. The summed E-state index contributed by atoms with van der Waals surface area (Å²) >= 11 is 0. The summed E-state index contributed by atoms with van der Waals surface area (Å²) in [5, 5.41) is 2.79. The molecule has 0 saturated heterocycles. The van der Waals surface area contributed by atoms with Gasteiger partial charge in [0.1, 0.15) is 0 Å². The van der Waals surface area contributed by atoms with Crippen LogP contribution in [0.25, 0.3) is 0 Å². The summed E-state index contributed by atoms with van der Waals surface area (Å²) in [7, 11) is 1.78. The number of hydrogen-bond donors (Lipinski definition) is 1. The van der Waals surface area contributed by atoms with Gasteiger partial charge in [0.2, 0.25) is 5.91 Å². The molecule has 0 aliphatic carbocycles. The molecule has 0 spiro atoms. The van der Waals surface area contributed by atoms with Crippen LogP contribution in [-0.2, 0) is 4.79 Å². The van der Waals surface area contributed by atoms with Crippen LogP contribution < -0.4 is 5.32 Å². The number of aryl methyl sites for hydroxylation is 1. The fourth-order valence-corrected chi connectivity index (χ4v) is 1.78. The molecule has 4 nitrogen and oxygen atoms in total. The molecule has 1 rings (SSSR count). The summed E-state index contributed by atoms with van der Waals surface area (Å²) in [5.41, 5.74) is 1.76. The third-order valence-electron chi connectivity index (χ3n) is 2.74. The number of ketones is 1. The summed E-state index contributed by atoms with van der Waals surface area (Å²) in [4.78, 5) is 25.3. The van der Waals surface area contributed by atoms with Crippen LogP contribution in [0.2, 0.25) is 0 Å². The SMILES string of the molecule is CCCNC(=O)CN(C)CC(=O)c1cccc(C)c1. The van der Waals surface area contributed by atoms with Crippen molar-refractivity contribution in [3.8, 4) is 0 Å². The Hall–Kier alpha value is -1.68. The first-order valence-corrected chi connectivity index (χ1v) is 6.58. The third kappa shape index (κ3) is 5.66. The summed E-state index contributed by atoms with van der Waals surface area (Å²) in [5.74, 6) is -0.00381. The molecular weight excluding hydrogens is 240 g/mol. The molecular formula is C15H22N2O2. The van der Waals surface area contributed by atoms with E-state index in [9.17, 15) is 9.59 Å². The lowest BCUT2D eigenvalue weighted by molar-refractivity contribution is -0.121. The number of carbonyl (C=O) groups excluding carboxylic acids is 2. The molecule has 4 heteroatoms.